The molecule has 3 aromatic rings. The van der Waals surface area contributed by atoms with Crippen LogP contribution in [0.25, 0.3) is 0 Å². The third-order valence-corrected chi connectivity index (χ3v) is 6.74. The maximum atomic E-state index is 13.5. The molecule has 0 saturated heterocycles. The summed E-state index contributed by atoms with van der Waals surface area (Å²) in [4.78, 5) is 65.1. The Bertz CT molecular complexity index is 1490. The van der Waals surface area contributed by atoms with Gasteiger partial charge in [0, 0.05) is 0 Å². The van der Waals surface area contributed by atoms with E-state index in [4.69, 9.17) is 14.2 Å². The van der Waals surface area contributed by atoms with Gasteiger partial charge in [0.05, 0.1) is 18.8 Å². The van der Waals surface area contributed by atoms with Gasteiger partial charge in [-0.2, -0.15) is 0 Å². The van der Waals surface area contributed by atoms with Crippen molar-refractivity contribution in [2.45, 2.75) is 44.7 Å². The lowest BCUT2D eigenvalue weighted by molar-refractivity contribution is -0.155. The molecule has 2 amide bonds. The molecule has 0 fully saturated rings. The molecular formula is C35H34N2O8. The van der Waals surface area contributed by atoms with Crippen LogP contribution in [-0.4, -0.2) is 41.8 Å². The molecule has 2 N–H and O–H groups in total. The Morgan fingerprint density at radius 3 is 1.44 bits per heavy atom. The number of carbonyl (C=O) groups is 5. The number of amides is 2. The van der Waals surface area contributed by atoms with Gasteiger partial charge in [0.15, 0.2) is 0 Å². The number of hydrogen-bond donors (Lipinski definition) is 2. The Kier molecular flexibility index (Phi) is 12.2. The average Bonchev–Trinajstić information content (AvgIpc) is 3.62. The number of carbonyl (C=O) groups excluding carboxylic acids is 5. The minimum atomic E-state index is -1.46. The van der Waals surface area contributed by atoms with Crippen molar-refractivity contribution in [3.8, 4) is 0 Å². The van der Waals surface area contributed by atoms with Crippen LogP contribution in [0.3, 0.4) is 0 Å². The number of benzene rings is 3. The summed E-state index contributed by atoms with van der Waals surface area (Å²) in [6, 6.07) is 24.0. The molecule has 0 spiro atoms. The van der Waals surface area contributed by atoms with Gasteiger partial charge in [-0.1, -0.05) is 115 Å². The number of rotatable bonds is 15. The molecular weight excluding hydrogens is 576 g/mol. The smallest absolute Gasteiger partial charge is 0.329 e. The van der Waals surface area contributed by atoms with Gasteiger partial charge in [-0.15, -0.1) is 0 Å². The summed E-state index contributed by atoms with van der Waals surface area (Å²) in [5.74, 6) is -4.43. The van der Waals surface area contributed by atoms with Crippen LogP contribution in [0.15, 0.2) is 115 Å². The van der Waals surface area contributed by atoms with Crippen molar-refractivity contribution in [3.05, 3.63) is 132 Å². The highest BCUT2D eigenvalue weighted by molar-refractivity contribution is 5.95. The number of allylic oxidation sites excluding steroid dienone is 2. The highest BCUT2D eigenvalue weighted by Crippen LogP contribution is 2.12. The quantitative estimate of drug-likeness (QED) is 0.196. The molecule has 1 aliphatic carbocycles. The molecule has 232 valence electrons. The Balaban J connectivity index is 1.45. The molecule has 0 heterocycles. The van der Waals surface area contributed by atoms with Crippen molar-refractivity contribution >= 4 is 29.7 Å². The molecule has 0 bridgehead atoms. The molecule has 4 rings (SSSR count). The number of esters is 3. The molecule has 45 heavy (non-hydrogen) atoms. The van der Waals surface area contributed by atoms with E-state index in [-0.39, 0.29) is 19.8 Å². The standard InChI is InChI=1S/C35H34N2O8/c38-31(43-22-25-12-4-1-5-13-25)20-29(36-33(40)28-18-10-11-19-28)34(41)37-30(35(42)45-24-27-16-8-3-9-17-27)21-32(39)44-23-26-14-6-2-7-15-26/h1-19,28-30H,20-24H2,(H,36,40)(H,37,41)/t29-,30-/m0/s1. The highest BCUT2D eigenvalue weighted by Gasteiger charge is 2.32. The van der Waals surface area contributed by atoms with E-state index in [9.17, 15) is 24.0 Å². The maximum absolute atomic E-state index is 13.5. The fraction of sp³-hybridized carbons (Fsp3) is 0.229. The topological polar surface area (TPSA) is 137 Å². The normalized spacial score (nSPS) is 13.3. The van der Waals surface area contributed by atoms with E-state index in [2.05, 4.69) is 10.6 Å². The van der Waals surface area contributed by atoms with Crippen LogP contribution in [-0.2, 0) is 58.0 Å². The lowest BCUT2D eigenvalue weighted by atomic mass is 10.1. The lowest BCUT2D eigenvalue weighted by Crippen LogP contribution is -2.53. The van der Waals surface area contributed by atoms with Crippen LogP contribution in [0, 0.1) is 5.92 Å². The summed E-state index contributed by atoms with van der Waals surface area (Å²) in [7, 11) is 0. The van der Waals surface area contributed by atoms with Gasteiger partial charge in [-0.05, 0) is 16.7 Å². The molecule has 1 aliphatic rings. The summed E-state index contributed by atoms with van der Waals surface area (Å²) >= 11 is 0. The third-order valence-electron chi connectivity index (χ3n) is 6.74. The Morgan fingerprint density at radius 2 is 0.978 bits per heavy atom. The van der Waals surface area contributed by atoms with Crippen LogP contribution in [0.4, 0.5) is 0 Å². The van der Waals surface area contributed by atoms with Crippen molar-refractivity contribution in [3.63, 3.8) is 0 Å². The second kappa shape index (κ2) is 17.0. The van der Waals surface area contributed by atoms with E-state index in [0.29, 0.717) is 5.56 Å². The monoisotopic (exact) mass is 610 g/mol. The zero-order chi connectivity index (χ0) is 31.9. The average molecular weight is 611 g/mol. The minimum Gasteiger partial charge on any atom is -0.461 e. The van der Waals surface area contributed by atoms with Crippen molar-refractivity contribution in [2.75, 3.05) is 0 Å². The van der Waals surface area contributed by atoms with Gasteiger partial charge >= 0.3 is 17.9 Å². The third kappa shape index (κ3) is 10.9. The molecule has 0 aromatic heterocycles. The predicted octanol–water partition coefficient (Wildman–Crippen LogP) is 3.71. The van der Waals surface area contributed by atoms with Crippen LogP contribution < -0.4 is 10.6 Å². The Morgan fingerprint density at radius 1 is 0.556 bits per heavy atom. The number of hydrogen-bond acceptors (Lipinski definition) is 8. The van der Waals surface area contributed by atoms with Crippen LogP contribution in [0.2, 0.25) is 0 Å². The first-order valence-corrected chi connectivity index (χ1v) is 14.4. The van der Waals surface area contributed by atoms with E-state index in [1.165, 1.54) is 0 Å². The first-order chi connectivity index (χ1) is 21.9. The van der Waals surface area contributed by atoms with Gasteiger partial charge in [-0.3, -0.25) is 19.2 Å². The molecule has 0 unspecified atom stereocenters. The fourth-order valence-corrected chi connectivity index (χ4v) is 4.31. The van der Waals surface area contributed by atoms with E-state index in [1.54, 1.807) is 97.1 Å². The van der Waals surface area contributed by atoms with Gasteiger partial charge in [0.2, 0.25) is 11.8 Å². The molecule has 3 aromatic carbocycles. The molecule has 0 aliphatic heterocycles. The second-order valence-corrected chi connectivity index (χ2v) is 10.2. The SMILES string of the molecule is O=C(C[C@H](NC(=O)C1C=CC=C1)C(=O)N[C@@H](CC(=O)OCc1ccccc1)C(=O)OCc1ccccc1)OCc1ccccc1. The predicted molar refractivity (Wildman–Crippen MR) is 164 cm³/mol. The van der Waals surface area contributed by atoms with Crippen molar-refractivity contribution < 1.29 is 38.2 Å². The molecule has 10 heteroatoms. The van der Waals surface area contributed by atoms with Gasteiger partial charge < -0.3 is 24.8 Å². The molecule has 0 radical (unpaired) electrons. The summed E-state index contributed by atoms with van der Waals surface area (Å²) < 4.78 is 16.1. The van der Waals surface area contributed by atoms with Gasteiger partial charge in [-0.25, -0.2) is 4.79 Å². The Labute approximate surface area is 261 Å². The zero-order valence-corrected chi connectivity index (χ0v) is 24.5. The van der Waals surface area contributed by atoms with Gasteiger partial charge in [0.1, 0.15) is 31.9 Å². The largest absolute Gasteiger partial charge is 0.461 e. The van der Waals surface area contributed by atoms with E-state index in [1.807, 2.05) is 18.2 Å². The van der Waals surface area contributed by atoms with Crippen LogP contribution in [0.1, 0.15) is 29.5 Å². The van der Waals surface area contributed by atoms with Crippen LogP contribution >= 0.6 is 0 Å². The van der Waals surface area contributed by atoms with Crippen molar-refractivity contribution in [1.82, 2.24) is 10.6 Å². The van der Waals surface area contributed by atoms with Crippen molar-refractivity contribution in [1.29, 1.82) is 0 Å². The summed E-state index contributed by atoms with van der Waals surface area (Å²) in [6.07, 6.45) is 5.57. The first-order valence-electron chi connectivity index (χ1n) is 14.4. The maximum Gasteiger partial charge on any atom is 0.329 e. The van der Waals surface area contributed by atoms with Crippen molar-refractivity contribution in [2.24, 2.45) is 5.92 Å². The second-order valence-electron chi connectivity index (χ2n) is 10.2. The summed E-state index contributed by atoms with van der Waals surface area (Å²) in [6.45, 7) is -0.164. The number of ether oxygens (including phenoxy) is 3. The molecule has 2 atom stereocenters. The molecule has 10 nitrogen and oxygen atoms in total. The lowest BCUT2D eigenvalue weighted by Gasteiger charge is -2.23. The van der Waals surface area contributed by atoms with Crippen LogP contribution in [0.5, 0.6) is 0 Å². The Hall–Kier alpha value is -5.51. The fourth-order valence-electron chi connectivity index (χ4n) is 4.31. The summed E-state index contributed by atoms with van der Waals surface area (Å²) in [5.41, 5.74) is 2.18. The number of nitrogens with one attached hydrogen (secondary N) is 2. The highest BCUT2D eigenvalue weighted by atomic mass is 16.5. The van der Waals surface area contributed by atoms with Gasteiger partial charge in [0.25, 0.3) is 0 Å². The van der Waals surface area contributed by atoms with E-state index in [0.717, 1.165) is 11.1 Å². The minimum absolute atomic E-state index is 0.0300. The zero-order valence-electron chi connectivity index (χ0n) is 24.5. The van der Waals surface area contributed by atoms with E-state index < -0.39 is 60.6 Å². The summed E-state index contributed by atoms with van der Waals surface area (Å²) in [5, 5.41) is 5.05. The van der Waals surface area contributed by atoms with E-state index >= 15 is 0 Å². The molecule has 0 saturated carbocycles. The first kappa shape index (κ1) is 32.4.